The fourth-order valence-electron chi connectivity index (χ4n) is 2.84. The van der Waals surface area contributed by atoms with E-state index in [1.807, 2.05) is 32.0 Å². The zero-order valence-corrected chi connectivity index (χ0v) is 14.4. The highest BCUT2D eigenvalue weighted by molar-refractivity contribution is 6.30. The lowest BCUT2D eigenvalue weighted by Crippen LogP contribution is -2.28. The summed E-state index contributed by atoms with van der Waals surface area (Å²) < 4.78 is 0. The number of rotatable bonds is 3. The average molecular weight is 343 g/mol. The number of amides is 2. The van der Waals surface area contributed by atoms with Gasteiger partial charge in [-0.1, -0.05) is 23.7 Å². The molecule has 0 saturated carbocycles. The van der Waals surface area contributed by atoms with Crippen molar-refractivity contribution in [3.63, 3.8) is 0 Å². The quantitative estimate of drug-likeness (QED) is 0.918. The molecule has 2 aromatic rings. The molecular weight excluding hydrogens is 324 g/mol. The van der Waals surface area contributed by atoms with E-state index in [0.717, 1.165) is 11.3 Å². The van der Waals surface area contributed by atoms with Crippen LogP contribution < -0.4 is 10.2 Å². The summed E-state index contributed by atoms with van der Waals surface area (Å²) in [5.41, 5.74) is 3.80. The number of nitrogens with one attached hydrogen (secondary N) is 1. The van der Waals surface area contributed by atoms with E-state index in [0.29, 0.717) is 17.3 Å². The highest BCUT2D eigenvalue weighted by Gasteiger charge is 2.35. The standard InChI is InChI=1S/C19H19ClN2O2/c1-12-6-7-17(8-13(12)2)22-11-14(9-18(22)23)19(24)21-16-5-3-4-15(20)10-16/h3-8,10,14H,9,11H2,1-2H3,(H,21,24)/t14-/m0/s1. The summed E-state index contributed by atoms with van der Waals surface area (Å²) >= 11 is 5.93. The Morgan fingerprint density at radius 3 is 2.67 bits per heavy atom. The first-order valence-electron chi connectivity index (χ1n) is 7.88. The summed E-state index contributed by atoms with van der Waals surface area (Å²) in [7, 11) is 0. The van der Waals surface area contributed by atoms with Crippen LogP contribution >= 0.6 is 11.6 Å². The summed E-state index contributed by atoms with van der Waals surface area (Å²) in [4.78, 5) is 26.4. The molecule has 3 rings (SSSR count). The van der Waals surface area contributed by atoms with Gasteiger partial charge in [-0.2, -0.15) is 0 Å². The van der Waals surface area contributed by atoms with E-state index in [2.05, 4.69) is 5.32 Å². The molecule has 0 radical (unpaired) electrons. The van der Waals surface area contributed by atoms with Crippen LogP contribution in [0.1, 0.15) is 17.5 Å². The van der Waals surface area contributed by atoms with Crippen LogP contribution in [0.15, 0.2) is 42.5 Å². The van der Waals surface area contributed by atoms with Gasteiger partial charge >= 0.3 is 0 Å². The number of hydrogen-bond acceptors (Lipinski definition) is 2. The van der Waals surface area contributed by atoms with Crippen LogP contribution in [0.4, 0.5) is 11.4 Å². The Morgan fingerprint density at radius 1 is 1.17 bits per heavy atom. The summed E-state index contributed by atoms with van der Waals surface area (Å²) in [5, 5.41) is 3.40. The first kappa shape index (κ1) is 16.5. The highest BCUT2D eigenvalue weighted by atomic mass is 35.5. The fourth-order valence-corrected chi connectivity index (χ4v) is 3.03. The maximum Gasteiger partial charge on any atom is 0.229 e. The smallest absolute Gasteiger partial charge is 0.229 e. The number of anilines is 2. The monoisotopic (exact) mass is 342 g/mol. The average Bonchev–Trinajstić information content (AvgIpc) is 2.92. The number of nitrogens with zero attached hydrogens (tertiary/aromatic N) is 1. The molecule has 2 amide bonds. The van der Waals surface area contributed by atoms with Crippen LogP contribution in [-0.4, -0.2) is 18.4 Å². The lowest BCUT2D eigenvalue weighted by Gasteiger charge is -2.18. The Hall–Kier alpha value is -2.33. The Bertz CT molecular complexity index is 804. The van der Waals surface area contributed by atoms with Crippen molar-refractivity contribution >= 4 is 34.8 Å². The Labute approximate surface area is 146 Å². The van der Waals surface area contributed by atoms with Crippen molar-refractivity contribution in [3.8, 4) is 0 Å². The normalized spacial score (nSPS) is 17.2. The molecule has 1 atom stereocenters. The van der Waals surface area contributed by atoms with Crippen LogP contribution in [-0.2, 0) is 9.59 Å². The third-order valence-corrected chi connectivity index (χ3v) is 4.63. The first-order chi connectivity index (χ1) is 11.4. The lowest BCUT2D eigenvalue weighted by atomic mass is 10.1. The van der Waals surface area contributed by atoms with Crippen LogP contribution in [0.25, 0.3) is 0 Å². The number of halogens is 1. The molecule has 1 aliphatic heterocycles. The van der Waals surface area contributed by atoms with E-state index in [1.165, 1.54) is 5.56 Å². The molecule has 0 bridgehead atoms. The summed E-state index contributed by atoms with van der Waals surface area (Å²) in [6.07, 6.45) is 0.222. The topological polar surface area (TPSA) is 49.4 Å². The van der Waals surface area contributed by atoms with Gasteiger partial charge in [0, 0.05) is 29.4 Å². The van der Waals surface area contributed by atoms with Crippen molar-refractivity contribution in [2.24, 2.45) is 5.92 Å². The van der Waals surface area contributed by atoms with Crippen molar-refractivity contribution in [1.29, 1.82) is 0 Å². The third-order valence-electron chi connectivity index (χ3n) is 4.39. The van der Waals surface area contributed by atoms with Gasteiger partial charge in [-0.05, 0) is 55.3 Å². The first-order valence-corrected chi connectivity index (χ1v) is 8.26. The van der Waals surface area contributed by atoms with Crippen molar-refractivity contribution in [2.45, 2.75) is 20.3 Å². The van der Waals surface area contributed by atoms with E-state index in [1.54, 1.807) is 29.2 Å². The Morgan fingerprint density at radius 2 is 1.96 bits per heavy atom. The van der Waals surface area contributed by atoms with Gasteiger partial charge in [0.05, 0.1) is 5.92 Å². The molecule has 0 aliphatic carbocycles. The predicted octanol–water partition coefficient (Wildman–Crippen LogP) is 3.95. The predicted molar refractivity (Wildman–Crippen MR) is 96.5 cm³/mol. The molecule has 4 nitrogen and oxygen atoms in total. The number of aryl methyl sites for hydroxylation is 2. The molecule has 0 unspecified atom stereocenters. The van der Waals surface area contributed by atoms with Crippen molar-refractivity contribution < 1.29 is 9.59 Å². The van der Waals surface area contributed by atoms with Crippen molar-refractivity contribution in [2.75, 3.05) is 16.8 Å². The number of hydrogen-bond donors (Lipinski definition) is 1. The minimum Gasteiger partial charge on any atom is -0.326 e. The largest absolute Gasteiger partial charge is 0.326 e. The van der Waals surface area contributed by atoms with E-state index in [-0.39, 0.29) is 24.2 Å². The second kappa shape index (κ2) is 6.65. The zero-order chi connectivity index (χ0) is 17.3. The minimum absolute atomic E-state index is 0.0236. The lowest BCUT2D eigenvalue weighted by molar-refractivity contribution is -0.122. The summed E-state index contributed by atoms with van der Waals surface area (Å²) in [5.74, 6) is -0.542. The Balaban J connectivity index is 1.72. The van der Waals surface area contributed by atoms with Gasteiger partial charge in [-0.3, -0.25) is 9.59 Å². The molecule has 124 valence electrons. The van der Waals surface area contributed by atoms with Gasteiger partial charge in [0.25, 0.3) is 0 Å². The number of benzene rings is 2. The maximum absolute atomic E-state index is 12.4. The van der Waals surface area contributed by atoms with Gasteiger partial charge in [0.15, 0.2) is 0 Å². The molecule has 0 aromatic heterocycles. The maximum atomic E-state index is 12.4. The van der Waals surface area contributed by atoms with Gasteiger partial charge in [-0.25, -0.2) is 0 Å². The SMILES string of the molecule is Cc1ccc(N2C[C@@H](C(=O)Nc3cccc(Cl)c3)CC2=O)cc1C. The molecular formula is C19H19ClN2O2. The molecule has 0 spiro atoms. The second-order valence-corrected chi connectivity index (χ2v) is 6.61. The molecule has 1 fully saturated rings. The fraction of sp³-hybridized carbons (Fsp3) is 0.263. The highest BCUT2D eigenvalue weighted by Crippen LogP contribution is 2.27. The summed E-state index contributed by atoms with van der Waals surface area (Å²) in [6.45, 7) is 4.45. The van der Waals surface area contributed by atoms with Gasteiger partial charge in [-0.15, -0.1) is 0 Å². The van der Waals surface area contributed by atoms with Crippen molar-refractivity contribution in [3.05, 3.63) is 58.6 Å². The van der Waals surface area contributed by atoms with Crippen molar-refractivity contribution in [1.82, 2.24) is 0 Å². The van der Waals surface area contributed by atoms with Gasteiger partial charge < -0.3 is 10.2 Å². The summed E-state index contributed by atoms with van der Waals surface area (Å²) in [6, 6.07) is 12.9. The number of carbonyl (C=O) groups is 2. The Kier molecular flexibility index (Phi) is 4.58. The molecule has 1 heterocycles. The molecule has 1 aliphatic rings. The molecule has 1 N–H and O–H groups in total. The second-order valence-electron chi connectivity index (χ2n) is 6.17. The van der Waals surface area contributed by atoms with Crippen LogP contribution in [0, 0.1) is 19.8 Å². The zero-order valence-electron chi connectivity index (χ0n) is 13.7. The van der Waals surface area contributed by atoms with Crippen LogP contribution in [0.3, 0.4) is 0 Å². The molecule has 5 heteroatoms. The molecule has 1 saturated heterocycles. The van der Waals surface area contributed by atoms with Gasteiger partial charge in [0.2, 0.25) is 11.8 Å². The van der Waals surface area contributed by atoms with E-state index >= 15 is 0 Å². The third kappa shape index (κ3) is 3.44. The minimum atomic E-state index is -0.363. The van der Waals surface area contributed by atoms with Gasteiger partial charge in [0.1, 0.15) is 0 Å². The van der Waals surface area contributed by atoms with Crippen LogP contribution in [0.5, 0.6) is 0 Å². The molecule has 2 aromatic carbocycles. The van der Waals surface area contributed by atoms with E-state index < -0.39 is 0 Å². The van der Waals surface area contributed by atoms with E-state index in [4.69, 9.17) is 11.6 Å². The van der Waals surface area contributed by atoms with Crippen LogP contribution in [0.2, 0.25) is 5.02 Å². The number of carbonyl (C=O) groups excluding carboxylic acids is 2. The molecule has 24 heavy (non-hydrogen) atoms. The van der Waals surface area contributed by atoms with E-state index in [9.17, 15) is 9.59 Å².